The van der Waals surface area contributed by atoms with E-state index in [-0.39, 0.29) is 5.91 Å². The first-order chi connectivity index (χ1) is 9.72. The summed E-state index contributed by atoms with van der Waals surface area (Å²) in [6.07, 6.45) is 3.78. The molecule has 2 rings (SSSR count). The van der Waals surface area contributed by atoms with Gasteiger partial charge in [0.25, 0.3) is 5.91 Å². The van der Waals surface area contributed by atoms with Gasteiger partial charge in [-0.2, -0.15) is 0 Å². The molecule has 0 unspecified atom stereocenters. The van der Waals surface area contributed by atoms with Crippen molar-refractivity contribution in [2.45, 2.75) is 12.8 Å². The second kappa shape index (κ2) is 7.60. The number of amides is 1. The molecule has 0 aliphatic carbocycles. The maximum Gasteiger partial charge on any atom is 0.254 e. The largest absolute Gasteiger partial charge is 0.377 e. The lowest BCUT2D eigenvalue weighted by atomic mass is 9.97. The number of nitrogens with zero attached hydrogens (tertiary/aromatic N) is 1. The van der Waals surface area contributed by atoms with Crippen molar-refractivity contribution in [3.05, 3.63) is 47.0 Å². The first-order valence-corrected chi connectivity index (χ1v) is 7.74. The zero-order valence-electron chi connectivity index (χ0n) is 11.6. The average molecular weight is 338 g/mol. The zero-order valence-corrected chi connectivity index (χ0v) is 13.1. The third-order valence-electron chi connectivity index (χ3n) is 3.60. The number of benzene rings is 1. The molecule has 0 atom stereocenters. The Labute approximate surface area is 128 Å². The minimum atomic E-state index is 0.114. The lowest BCUT2D eigenvalue weighted by Gasteiger charge is -2.32. The fraction of sp³-hybridized carbons (Fsp3) is 0.438. The minimum Gasteiger partial charge on any atom is -0.377 e. The topological polar surface area (TPSA) is 29.5 Å². The van der Waals surface area contributed by atoms with E-state index in [4.69, 9.17) is 4.74 Å². The van der Waals surface area contributed by atoms with Crippen LogP contribution in [0.5, 0.6) is 0 Å². The molecule has 1 aliphatic heterocycles. The Hall–Kier alpha value is -1.13. The molecular formula is C16H20BrNO2. The fourth-order valence-corrected chi connectivity index (χ4v) is 2.88. The molecule has 4 heteroatoms. The minimum absolute atomic E-state index is 0.114. The Morgan fingerprint density at radius 2 is 2.10 bits per heavy atom. The van der Waals surface area contributed by atoms with Gasteiger partial charge in [-0.1, -0.05) is 18.2 Å². The van der Waals surface area contributed by atoms with Gasteiger partial charge in [0.2, 0.25) is 0 Å². The van der Waals surface area contributed by atoms with Crippen LogP contribution in [0.15, 0.2) is 41.4 Å². The molecule has 1 saturated heterocycles. The molecule has 20 heavy (non-hydrogen) atoms. The van der Waals surface area contributed by atoms with E-state index in [9.17, 15) is 4.79 Å². The maximum atomic E-state index is 12.4. The second-order valence-corrected chi connectivity index (χ2v) is 5.90. The van der Waals surface area contributed by atoms with Gasteiger partial charge in [-0.3, -0.25) is 4.79 Å². The lowest BCUT2D eigenvalue weighted by Crippen LogP contribution is -2.39. The number of carbonyl (C=O) groups excluding carboxylic acids is 1. The standard InChI is InChI=1S/C16H20BrNO2/c1-2-11-20-12-13-7-9-18(10-8-13)16(19)14-5-3-4-6-15(14)17/h2-6,13H,1,7-12H2. The van der Waals surface area contributed by atoms with Crippen molar-refractivity contribution in [1.82, 2.24) is 4.90 Å². The molecule has 1 aromatic carbocycles. The Morgan fingerprint density at radius 3 is 2.75 bits per heavy atom. The number of ether oxygens (including phenoxy) is 1. The van der Waals surface area contributed by atoms with Gasteiger partial charge >= 0.3 is 0 Å². The molecule has 0 bridgehead atoms. The van der Waals surface area contributed by atoms with E-state index < -0.39 is 0 Å². The number of hydrogen-bond acceptors (Lipinski definition) is 2. The van der Waals surface area contributed by atoms with Crippen LogP contribution in [-0.2, 0) is 4.74 Å². The van der Waals surface area contributed by atoms with Crippen molar-refractivity contribution in [3.8, 4) is 0 Å². The summed E-state index contributed by atoms with van der Waals surface area (Å²) in [5, 5.41) is 0. The van der Waals surface area contributed by atoms with Gasteiger partial charge < -0.3 is 9.64 Å². The van der Waals surface area contributed by atoms with E-state index in [0.717, 1.165) is 42.6 Å². The van der Waals surface area contributed by atoms with E-state index >= 15 is 0 Å². The average Bonchev–Trinajstić information content (AvgIpc) is 2.48. The Bertz CT molecular complexity index is 467. The van der Waals surface area contributed by atoms with Crippen LogP contribution in [-0.4, -0.2) is 37.1 Å². The molecule has 108 valence electrons. The van der Waals surface area contributed by atoms with Gasteiger partial charge in [0.1, 0.15) is 0 Å². The highest BCUT2D eigenvalue weighted by atomic mass is 79.9. The number of halogens is 1. The molecule has 0 aromatic heterocycles. The summed E-state index contributed by atoms with van der Waals surface area (Å²) < 4.78 is 6.36. The second-order valence-electron chi connectivity index (χ2n) is 5.04. The normalized spacial score (nSPS) is 16.1. The molecule has 0 spiro atoms. The number of carbonyl (C=O) groups is 1. The molecule has 1 heterocycles. The third-order valence-corrected chi connectivity index (χ3v) is 4.29. The highest BCUT2D eigenvalue weighted by Crippen LogP contribution is 2.22. The monoisotopic (exact) mass is 337 g/mol. The maximum absolute atomic E-state index is 12.4. The van der Waals surface area contributed by atoms with E-state index in [1.165, 1.54) is 0 Å². The van der Waals surface area contributed by atoms with Crippen molar-refractivity contribution < 1.29 is 9.53 Å². The highest BCUT2D eigenvalue weighted by Gasteiger charge is 2.24. The quantitative estimate of drug-likeness (QED) is 0.607. The van der Waals surface area contributed by atoms with E-state index in [2.05, 4.69) is 22.5 Å². The summed E-state index contributed by atoms with van der Waals surface area (Å²) in [6, 6.07) is 7.59. The Morgan fingerprint density at radius 1 is 1.40 bits per heavy atom. The van der Waals surface area contributed by atoms with Crippen molar-refractivity contribution >= 4 is 21.8 Å². The molecule has 1 fully saturated rings. The smallest absolute Gasteiger partial charge is 0.254 e. The van der Waals surface area contributed by atoms with Crippen LogP contribution >= 0.6 is 15.9 Å². The zero-order chi connectivity index (χ0) is 14.4. The summed E-state index contributed by atoms with van der Waals surface area (Å²) in [5.74, 6) is 0.668. The Kier molecular flexibility index (Phi) is 5.80. The van der Waals surface area contributed by atoms with Crippen molar-refractivity contribution in [2.24, 2.45) is 5.92 Å². The SMILES string of the molecule is C=CCOCC1CCN(C(=O)c2ccccc2Br)CC1. The van der Waals surface area contributed by atoms with Gasteiger partial charge in [-0.05, 0) is 46.8 Å². The van der Waals surface area contributed by atoms with Crippen molar-refractivity contribution in [2.75, 3.05) is 26.3 Å². The van der Waals surface area contributed by atoms with Gasteiger partial charge in [-0.25, -0.2) is 0 Å². The van der Waals surface area contributed by atoms with Gasteiger partial charge in [-0.15, -0.1) is 6.58 Å². The molecule has 0 N–H and O–H groups in total. The van der Waals surface area contributed by atoms with Gasteiger partial charge in [0.15, 0.2) is 0 Å². The first-order valence-electron chi connectivity index (χ1n) is 6.95. The highest BCUT2D eigenvalue weighted by molar-refractivity contribution is 9.10. The van der Waals surface area contributed by atoms with Crippen molar-refractivity contribution in [1.29, 1.82) is 0 Å². The van der Waals surface area contributed by atoms with Crippen LogP contribution in [0, 0.1) is 5.92 Å². The molecule has 1 aliphatic rings. The fourth-order valence-electron chi connectivity index (χ4n) is 2.43. The van der Waals surface area contributed by atoms with Gasteiger partial charge in [0, 0.05) is 24.2 Å². The summed E-state index contributed by atoms with van der Waals surface area (Å²) in [5.41, 5.74) is 0.744. The molecule has 1 aromatic rings. The first kappa shape index (κ1) is 15.3. The van der Waals surface area contributed by atoms with Gasteiger partial charge in [0.05, 0.1) is 12.2 Å². The molecule has 3 nitrogen and oxygen atoms in total. The lowest BCUT2D eigenvalue weighted by molar-refractivity contribution is 0.0575. The predicted octanol–water partition coefficient (Wildman–Crippen LogP) is 3.50. The molecular weight excluding hydrogens is 318 g/mol. The third kappa shape index (κ3) is 3.93. The summed E-state index contributed by atoms with van der Waals surface area (Å²) in [7, 11) is 0. The Balaban J connectivity index is 1.86. The van der Waals surface area contributed by atoms with Crippen LogP contribution in [0.3, 0.4) is 0 Å². The van der Waals surface area contributed by atoms with E-state index in [1.54, 1.807) is 6.08 Å². The van der Waals surface area contributed by atoms with Crippen LogP contribution in [0.2, 0.25) is 0 Å². The summed E-state index contributed by atoms with van der Waals surface area (Å²) in [6.45, 7) is 6.63. The summed E-state index contributed by atoms with van der Waals surface area (Å²) >= 11 is 3.44. The van der Waals surface area contributed by atoms with Crippen LogP contribution in [0.1, 0.15) is 23.2 Å². The van der Waals surface area contributed by atoms with Crippen LogP contribution in [0.25, 0.3) is 0 Å². The number of hydrogen-bond donors (Lipinski definition) is 0. The number of rotatable bonds is 5. The molecule has 0 saturated carbocycles. The number of piperidine rings is 1. The molecule has 1 amide bonds. The molecule has 0 radical (unpaired) electrons. The van der Waals surface area contributed by atoms with Crippen LogP contribution < -0.4 is 0 Å². The predicted molar refractivity (Wildman–Crippen MR) is 83.8 cm³/mol. The summed E-state index contributed by atoms with van der Waals surface area (Å²) in [4.78, 5) is 14.4. The number of likely N-dealkylation sites (tertiary alicyclic amines) is 1. The van der Waals surface area contributed by atoms with Crippen molar-refractivity contribution in [3.63, 3.8) is 0 Å². The van der Waals surface area contributed by atoms with Crippen LogP contribution in [0.4, 0.5) is 0 Å². The van der Waals surface area contributed by atoms with E-state index in [0.29, 0.717) is 12.5 Å². The van der Waals surface area contributed by atoms with E-state index in [1.807, 2.05) is 29.2 Å².